The molecule has 0 saturated carbocycles. The predicted molar refractivity (Wildman–Crippen MR) is 74.0 cm³/mol. The molecule has 1 aromatic carbocycles. The summed E-state index contributed by atoms with van der Waals surface area (Å²) in [6.45, 7) is 6.24. The summed E-state index contributed by atoms with van der Waals surface area (Å²) in [5.41, 5.74) is 3.29. The van der Waals surface area contributed by atoms with Crippen LogP contribution in [0.25, 0.3) is 11.1 Å². The van der Waals surface area contributed by atoms with Crippen LogP contribution in [0.15, 0.2) is 34.9 Å². The van der Waals surface area contributed by atoms with E-state index >= 15 is 0 Å². The van der Waals surface area contributed by atoms with E-state index in [1.807, 2.05) is 25.3 Å². The Morgan fingerprint density at radius 2 is 1.76 bits per heavy atom. The maximum Gasteiger partial charge on any atom is 0.131 e. The van der Waals surface area contributed by atoms with Crippen molar-refractivity contribution in [2.75, 3.05) is 0 Å². The molecule has 2 aromatic rings. The maximum atomic E-state index is 4.55. The third-order valence-electron chi connectivity index (χ3n) is 2.67. The number of rotatable bonds is 2. The predicted octanol–water partition coefficient (Wildman–Crippen LogP) is 4.34. The molecule has 0 aliphatic rings. The van der Waals surface area contributed by atoms with Gasteiger partial charge in [-0.25, -0.2) is 9.97 Å². The maximum absolute atomic E-state index is 4.55. The SMILES string of the molecule is Cc1nc(C(C)C)ncc1-c1ccc(Br)cc1. The van der Waals surface area contributed by atoms with Crippen molar-refractivity contribution in [3.05, 3.63) is 46.5 Å². The van der Waals surface area contributed by atoms with E-state index in [2.05, 4.69) is 51.9 Å². The summed E-state index contributed by atoms with van der Waals surface area (Å²) in [5, 5.41) is 0. The van der Waals surface area contributed by atoms with Gasteiger partial charge in [0.25, 0.3) is 0 Å². The normalized spacial score (nSPS) is 10.9. The second kappa shape index (κ2) is 4.96. The lowest BCUT2D eigenvalue weighted by atomic mass is 10.1. The Balaban J connectivity index is 2.43. The second-order valence-corrected chi connectivity index (χ2v) is 5.30. The largest absolute Gasteiger partial charge is 0.240 e. The molecule has 0 saturated heterocycles. The van der Waals surface area contributed by atoms with Gasteiger partial charge in [-0.05, 0) is 24.6 Å². The Bertz CT molecular complexity index is 518. The first-order valence-electron chi connectivity index (χ1n) is 5.67. The molecule has 1 heterocycles. The Kier molecular flexibility index (Phi) is 3.57. The minimum atomic E-state index is 0.368. The van der Waals surface area contributed by atoms with Crippen molar-refractivity contribution >= 4 is 15.9 Å². The molecule has 2 rings (SSSR count). The number of nitrogens with zero attached hydrogens (tertiary/aromatic N) is 2. The fourth-order valence-corrected chi connectivity index (χ4v) is 1.94. The number of aromatic nitrogens is 2. The highest BCUT2D eigenvalue weighted by Crippen LogP contribution is 2.24. The van der Waals surface area contributed by atoms with E-state index in [-0.39, 0.29) is 0 Å². The topological polar surface area (TPSA) is 25.8 Å². The van der Waals surface area contributed by atoms with Crippen LogP contribution in [0.1, 0.15) is 31.3 Å². The van der Waals surface area contributed by atoms with Gasteiger partial charge in [0, 0.05) is 27.8 Å². The van der Waals surface area contributed by atoms with Crippen molar-refractivity contribution in [3.63, 3.8) is 0 Å². The van der Waals surface area contributed by atoms with Gasteiger partial charge in [0.05, 0.1) is 0 Å². The summed E-state index contributed by atoms with van der Waals surface area (Å²) in [4.78, 5) is 8.96. The van der Waals surface area contributed by atoms with Gasteiger partial charge in [-0.2, -0.15) is 0 Å². The molecule has 3 heteroatoms. The molecule has 88 valence electrons. The molecule has 0 amide bonds. The number of hydrogen-bond acceptors (Lipinski definition) is 2. The van der Waals surface area contributed by atoms with E-state index in [4.69, 9.17) is 0 Å². The van der Waals surface area contributed by atoms with E-state index < -0.39 is 0 Å². The molecule has 0 N–H and O–H groups in total. The summed E-state index contributed by atoms with van der Waals surface area (Å²) in [6.07, 6.45) is 1.92. The standard InChI is InChI=1S/C14H15BrN2/c1-9(2)14-16-8-13(10(3)17-14)11-4-6-12(15)7-5-11/h4-9H,1-3H3. The summed E-state index contributed by atoms with van der Waals surface area (Å²) >= 11 is 3.44. The molecule has 1 aromatic heterocycles. The summed E-state index contributed by atoms with van der Waals surface area (Å²) in [6, 6.07) is 8.21. The highest BCUT2D eigenvalue weighted by atomic mass is 79.9. The van der Waals surface area contributed by atoms with E-state index in [1.54, 1.807) is 0 Å². The molecule has 0 atom stereocenters. The quantitative estimate of drug-likeness (QED) is 0.822. The zero-order valence-corrected chi connectivity index (χ0v) is 11.8. The Morgan fingerprint density at radius 1 is 1.12 bits per heavy atom. The molecule has 2 nitrogen and oxygen atoms in total. The summed E-state index contributed by atoms with van der Waals surface area (Å²) in [5.74, 6) is 1.27. The molecule has 17 heavy (non-hydrogen) atoms. The van der Waals surface area contributed by atoms with Gasteiger partial charge in [-0.15, -0.1) is 0 Å². The number of aryl methyl sites for hydroxylation is 1. The van der Waals surface area contributed by atoms with Gasteiger partial charge in [0.1, 0.15) is 5.82 Å². The van der Waals surface area contributed by atoms with Crippen LogP contribution in [0.5, 0.6) is 0 Å². The lowest BCUT2D eigenvalue weighted by Gasteiger charge is -2.09. The third kappa shape index (κ3) is 2.72. The van der Waals surface area contributed by atoms with E-state index in [0.29, 0.717) is 5.92 Å². The first kappa shape index (κ1) is 12.2. The Labute approximate surface area is 110 Å². The first-order chi connectivity index (χ1) is 8.08. The van der Waals surface area contributed by atoms with Crippen LogP contribution in [0.3, 0.4) is 0 Å². The monoisotopic (exact) mass is 290 g/mol. The van der Waals surface area contributed by atoms with Crippen molar-refractivity contribution in [2.24, 2.45) is 0 Å². The van der Waals surface area contributed by atoms with E-state index in [0.717, 1.165) is 27.1 Å². The molecular weight excluding hydrogens is 276 g/mol. The third-order valence-corrected chi connectivity index (χ3v) is 3.20. The molecule has 0 unspecified atom stereocenters. The van der Waals surface area contributed by atoms with Crippen LogP contribution in [-0.4, -0.2) is 9.97 Å². The summed E-state index contributed by atoms with van der Waals surface area (Å²) in [7, 11) is 0. The van der Waals surface area contributed by atoms with Crippen molar-refractivity contribution in [1.29, 1.82) is 0 Å². The Hall–Kier alpha value is -1.22. The molecule has 0 bridgehead atoms. The van der Waals surface area contributed by atoms with Crippen molar-refractivity contribution in [1.82, 2.24) is 9.97 Å². The smallest absolute Gasteiger partial charge is 0.131 e. The van der Waals surface area contributed by atoms with Gasteiger partial charge in [-0.1, -0.05) is 41.9 Å². The van der Waals surface area contributed by atoms with E-state index in [9.17, 15) is 0 Å². The number of halogens is 1. The second-order valence-electron chi connectivity index (χ2n) is 4.39. The average Bonchev–Trinajstić information content (AvgIpc) is 2.30. The zero-order valence-electron chi connectivity index (χ0n) is 10.2. The molecule has 0 fully saturated rings. The number of hydrogen-bond donors (Lipinski definition) is 0. The summed E-state index contributed by atoms with van der Waals surface area (Å²) < 4.78 is 1.08. The van der Waals surface area contributed by atoms with Crippen LogP contribution < -0.4 is 0 Å². The zero-order chi connectivity index (χ0) is 12.4. The fraction of sp³-hybridized carbons (Fsp3) is 0.286. The van der Waals surface area contributed by atoms with Crippen molar-refractivity contribution in [3.8, 4) is 11.1 Å². The minimum absolute atomic E-state index is 0.368. The minimum Gasteiger partial charge on any atom is -0.240 e. The van der Waals surface area contributed by atoms with E-state index in [1.165, 1.54) is 0 Å². The fourth-order valence-electron chi connectivity index (χ4n) is 1.68. The van der Waals surface area contributed by atoms with Crippen LogP contribution >= 0.6 is 15.9 Å². The van der Waals surface area contributed by atoms with Crippen LogP contribution in [0, 0.1) is 6.92 Å². The average molecular weight is 291 g/mol. The highest BCUT2D eigenvalue weighted by molar-refractivity contribution is 9.10. The van der Waals surface area contributed by atoms with Gasteiger partial charge >= 0.3 is 0 Å². The molecule has 0 radical (unpaired) electrons. The van der Waals surface area contributed by atoms with Gasteiger partial charge in [-0.3, -0.25) is 0 Å². The first-order valence-corrected chi connectivity index (χ1v) is 6.46. The van der Waals surface area contributed by atoms with Crippen LogP contribution in [0.4, 0.5) is 0 Å². The molecule has 0 aliphatic heterocycles. The lowest BCUT2D eigenvalue weighted by Crippen LogP contribution is -2.00. The van der Waals surface area contributed by atoms with Crippen LogP contribution in [-0.2, 0) is 0 Å². The van der Waals surface area contributed by atoms with Gasteiger partial charge in [0.2, 0.25) is 0 Å². The molecule has 0 aliphatic carbocycles. The van der Waals surface area contributed by atoms with Crippen molar-refractivity contribution in [2.45, 2.75) is 26.7 Å². The highest BCUT2D eigenvalue weighted by Gasteiger charge is 2.07. The van der Waals surface area contributed by atoms with Crippen LogP contribution in [0.2, 0.25) is 0 Å². The van der Waals surface area contributed by atoms with Gasteiger partial charge < -0.3 is 0 Å². The lowest BCUT2D eigenvalue weighted by molar-refractivity contribution is 0.767. The molecule has 0 spiro atoms. The number of benzene rings is 1. The Morgan fingerprint density at radius 3 is 2.29 bits per heavy atom. The molecular formula is C14H15BrN2. The van der Waals surface area contributed by atoms with Crippen molar-refractivity contribution < 1.29 is 0 Å². The van der Waals surface area contributed by atoms with Gasteiger partial charge in [0.15, 0.2) is 0 Å².